The number of hydrogen-bond acceptors (Lipinski definition) is 0. The lowest BCUT2D eigenvalue weighted by Crippen LogP contribution is -2.01. The molecular weight excluding hydrogens is 192 g/mol. The van der Waals surface area contributed by atoms with Gasteiger partial charge >= 0.3 is 0 Å². The van der Waals surface area contributed by atoms with Gasteiger partial charge in [0.1, 0.15) is 0 Å². The summed E-state index contributed by atoms with van der Waals surface area (Å²) in [6, 6.07) is 21.5. The third kappa shape index (κ3) is 2.73. The summed E-state index contributed by atoms with van der Waals surface area (Å²) in [6.07, 6.45) is 2.33. The van der Waals surface area contributed by atoms with Crippen LogP contribution < -0.4 is 0 Å². The first kappa shape index (κ1) is 10.9. The maximum Gasteiger partial charge on any atom is -0.0124 e. The molecule has 1 unspecified atom stereocenters. The van der Waals surface area contributed by atoms with E-state index < -0.39 is 0 Å². The van der Waals surface area contributed by atoms with Crippen LogP contribution in [0.1, 0.15) is 30.4 Å². The first-order valence-corrected chi connectivity index (χ1v) is 5.99. The standard InChI is InChI=1S/C16H18/c1-2-15(16-11-7-4-8-12-16)13-14-9-5-3-6-10-14/h3-12,15H,2,13H2,1H3. The quantitative estimate of drug-likeness (QED) is 0.700. The second-order valence-corrected chi connectivity index (χ2v) is 4.21. The van der Waals surface area contributed by atoms with Gasteiger partial charge in [-0.05, 0) is 29.9 Å². The predicted octanol–water partition coefficient (Wildman–Crippen LogP) is 4.42. The lowest BCUT2D eigenvalue weighted by atomic mass is 9.90. The molecule has 0 N–H and O–H groups in total. The first-order chi connectivity index (χ1) is 7.90. The van der Waals surface area contributed by atoms with E-state index in [9.17, 15) is 0 Å². The van der Waals surface area contributed by atoms with Crippen LogP contribution in [0.4, 0.5) is 0 Å². The van der Waals surface area contributed by atoms with Crippen molar-refractivity contribution in [2.45, 2.75) is 25.7 Å². The molecule has 0 aliphatic carbocycles. The molecule has 0 aromatic heterocycles. The molecule has 2 rings (SSSR count). The van der Waals surface area contributed by atoms with Crippen LogP contribution in [0, 0.1) is 0 Å². The fourth-order valence-corrected chi connectivity index (χ4v) is 2.12. The van der Waals surface area contributed by atoms with E-state index in [0.29, 0.717) is 5.92 Å². The van der Waals surface area contributed by atoms with Crippen molar-refractivity contribution in [1.29, 1.82) is 0 Å². The van der Waals surface area contributed by atoms with Gasteiger partial charge in [-0.1, -0.05) is 67.6 Å². The summed E-state index contributed by atoms with van der Waals surface area (Å²) in [4.78, 5) is 0. The number of hydrogen-bond donors (Lipinski definition) is 0. The molecule has 0 saturated carbocycles. The third-order valence-corrected chi connectivity index (χ3v) is 3.09. The molecule has 0 heteroatoms. The van der Waals surface area contributed by atoms with Crippen molar-refractivity contribution in [1.82, 2.24) is 0 Å². The Labute approximate surface area is 97.9 Å². The molecular formula is C16H18. The molecule has 0 amide bonds. The summed E-state index contributed by atoms with van der Waals surface area (Å²) in [6.45, 7) is 2.26. The van der Waals surface area contributed by atoms with Crippen molar-refractivity contribution in [3.63, 3.8) is 0 Å². The lowest BCUT2D eigenvalue weighted by Gasteiger charge is -2.15. The number of benzene rings is 2. The Kier molecular flexibility index (Phi) is 3.76. The SMILES string of the molecule is CCC(Cc1ccccc1)c1ccccc1. The zero-order valence-corrected chi connectivity index (χ0v) is 9.77. The van der Waals surface area contributed by atoms with E-state index in [1.165, 1.54) is 17.5 Å². The molecule has 0 heterocycles. The van der Waals surface area contributed by atoms with Crippen LogP contribution in [0.5, 0.6) is 0 Å². The van der Waals surface area contributed by atoms with E-state index >= 15 is 0 Å². The van der Waals surface area contributed by atoms with E-state index in [1.807, 2.05) is 0 Å². The normalized spacial score (nSPS) is 12.3. The average Bonchev–Trinajstić information content (AvgIpc) is 2.38. The summed E-state index contributed by atoms with van der Waals surface area (Å²) in [5, 5.41) is 0. The third-order valence-electron chi connectivity index (χ3n) is 3.09. The average molecular weight is 210 g/mol. The summed E-state index contributed by atoms with van der Waals surface area (Å²) in [5.74, 6) is 0.642. The van der Waals surface area contributed by atoms with Gasteiger partial charge < -0.3 is 0 Å². The highest BCUT2D eigenvalue weighted by Crippen LogP contribution is 2.23. The Morgan fingerprint density at radius 3 is 1.94 bits per heavy atom. The van der Waals surface area contributed by atoms with Gasteiger partial charge in [0.15, 0.2) is 0 Å². The zero-order chi connectivity index (χ0) is 11.2. The molecule has 0 spiro atoms. The largest absolute Gasteiger partial charge is 0.0648 e. The summed E-state index contributed by atoms with van der Waals surface area (Å²) < 4.78 is 0. The maximum absolute atomic E-state index is 2.26. The highest BCUT2D eigenvalue weighted by atomic mass is 14.1. The Morgan fingerprint density at radius 2 is 1.38 bits per heavy atom. The fraction of sp³-hybridized carbons (Fsp3) is 0.250. The molecule has 0 aliphatic rings. The molecule has 1 atom stereocenters. The summed E-state index contributed by atoms with van der Waals surface area (Å²) in [7, 11) is 0. The molecule has 2 aromatic carbocycles. The zero-order valence-electron chi connectivity index (χ0n) is 9.77. The second-order valence-electron chi connectivity index (χ2n) is 4.21. The van der Waals surface area contributed by atoms with Crippen LogP contribution in [0.2, 0.25) is 0 Å². The minimum absolute atomic E-state index is 0.642. The van der Waals surface area contributed by atoms with Gasteiger partial charge in [-0.2, -0.15) is 0 Å². The van der Waals surface area contributed by atoms with E-state index in [2.05, 4.69) is 67.6 Å². The minimum atomic E-state index is 0.642. The Balaban J connectivity index is 2.13. The first-order valence-electron chi connectivity index (χ1n) is 5.99. The van der Waals surface area contributed by atoms with Crippen LogP contribution in [0.3, 0.4) is 0 Å². The minimum Gasteiger partial charge on any atom is -0.0648 e. The molecule has 16 heavy (non-hydrogen) atoms. The van der Waals surface area contributed by atoms with Crippen LogP contribution in [-0.2, 0) is 6.42 Å². The van der Waals surface area contributed by atoms with Gasteiger partial charge in [-0.3, -0.25) is 0 Å². The van der Waals surface area contributed by atoms with E-state index in [0.717, 1.165) is 6.42 Å². The molecule has 0 radical (unpaired) electrons. The molecule has 0 bridgehead atoms. The molecule has 2 aromatic rings. The van der Waals surface area contributed by atoms with Gasteiger partial charge in [0.25, 0.3) is 0 Å². The van der Waals surface area contributed by atoms with Crippen molar-refractivity contribution in [3.8, 4) is 0 Å². The Hall–Kier alpha value is -1.56. The molecule has 0 nitrogen and oxygen atoms in total. The highest BCUT2D eigenvalue weighted by Gasteiger charge is 2.09. The van der Waals surface area contributed by atoms with E-state index in [1.54, 1.807) is 0 Å². The van der Waals surface area contributed by atoms with Crippen LogP contribution >= 0.6 is 0 Å². The van der Waals surface area contributed by atoms with Crippen LogP contribution in [-0.4, -0.2) is 0 Å². The van der Waals surface area contributed by atoms with Crippen molar-refractivity contribution < 1.29 is 0 Å². The van der Waals surface area contributed by atoms with Gasteiger partial charge in [0.2, 0.25) is 0 Å². The van der Waals surface area contributed by atoms with Gasteiger partial charge in [-0.15, -0.1) is 0 Å². The second kappa shape index (κ2) is 5.50. The molecule has 0 aliphatic heterocycles. The monoisotopic (exact) mass is 210 g/mol. The van der Waals surface area contributed by atoms with Crippen LogP contribution in [0.15, 0.2) is 60.7 Å². The maximum atomic E-state index is 2.26. The lowest BCUT2D eigenvalue weighted by molar-refractivity contribution is 0.660. The van der Waals surface area contributed by atoms with Crippen molar-refractivity contribution in [2.24, 2.45) is 0 Å². The topological polar surface area (TPSA) is 0 Å². The van der Waals surface area contributed by atoms with E-state index in [4.69, 9.17) is 0 Å². The summed E-state index contributed by atoms with van der Waals surface area (Å²) >= 11 is 0. The molecule has 82 valence electrons. The highest BCUT2D eigenvalue weighted by molar-refractivity contribution is 5.24. The fourth-order valence-electron chi connectivity index (χ4n) is 2.12. The Morgan fingerprint density at radius 1 is 0.812 bits per heavy atom. The van der Waals surface area contributed by atoms with Crippen molar-refractivity contribution >= 4 is 0 Å². The molecule has 0 fully saturated rings. The van der Waals surface area contributed by atoms with Gasteiger partial charge in [0, 0.05) is 0 Å². The van der Waals surface area contributed by atoms with Crippen molar-refractivity contribution in [2.75, 3.05) is 0 Å². The van der Waals surface area contributed by atoms with E-state index in [-0.39, 0.29) is 0 Å². The molecule has 0 saturated heterocycles. The van der Waals surface area contributed by atoms with Gasteiger partial charge in [0.05, 0.1) is 0 Å². The summed E-state index contributed by atoms with van der Waals surface area (Å²) in [5.41, 5.74) is 2.88. The smallest absolute Gasteiger partial charge is 0.0124 e. The predicted molar refractivity (Wildman–Crippen MR) is 69.6 cm³/mol. The van der Waals surface area contributed by atoms with Crippen molar-refractivity contribution in [3.05, 3.63) is 71.8 Å². The number of rotatable bonds is 4. The van der Waals surface area contributed by atoms with Gasteiger partial charge in [-0.25, -0.2) is 0 Å². The van der Waals surface area contributed by atoms with Crippen LogP contribution in [0.25, 0.3) is 0 Å². The Bertz CT molecular complexity index is 403.